The van der Waals surface area contributed by atoms with Crippen LogP contribution in [0.5, 0.6) is 0 Å². The Morgan fingerprint density at radius 1 is 1.08 bits per heavy atom. The summed E-state index contributed by atoms with van der Waals surface area (Å²) in [6, 6.07) is 12.0. The summed E-state index contributed by atoms with van der Waals surface area (Å²) in [5.74, 6) is -0.111. The highest BCUT2D eigenvalue weighted by atomic mass is 32.2. The van der Waals surface area contributed by atoms with Crippen molar-refractivity contribution in [3.63, 3.8) is 0 Å². The van der Waals surface area contributed by atoms with Crippen LogP contribution in [-0.2, 0) is 4.79 Å². The Hall–Kier alpha value is -3.07. The number of rotatable bonds is 5. The zero-order valence-electron chi connectivity index (χ0n) is 13.1. The third kappa shape index (κ3) is 4.27. The summed E-state index contributed by atoms with van der Waals surface area (Å²) >= 11 is 1.07. The maximum Gasteiger partial charge on any atom is 0.284 e. The van der Waals surface area contributed by atoms with Crippen LogP contribution in [-0.4, -0.2) is 27.3 Å². The molecule has 0 spiro atoms. The van der Waals surface area contributed by atoms with Gasteiger partial charge < -0.3 is 8.83 Å². The van der Waals surface area contributed by atoms with Gasteiger partial charge in [0.1, 0.15) is 0 Å². The lowest BCUT2D eigenvalue weighted by Gasteiger charge is -2.10. The van der Waals surface area contributed by atoms with Crippen molar-refractivity contribution in [1.82, 2.24) is 21.0 Å². The topological polar surface area (TPSA) is 110 Å². The number of furan rings is 1. The number of carbonyl (C=O) groups is 2. The highest BCUT2D eigenvalue weighted by Crippen LogP contribution is 2.26. The molecule has 8 nitrogen and oxygen atoms in total. The molecule has 0 radical (unpaired) electrons. The lowest BCUT2D eigenvalue weighted by Crippen LogP contribution is -2.44. The average Bonchev–Trinajstić information content (AvgIpc) is 3.31. The molecule has 128 valence electrons. The van der Waals surface area contributed by atoms with Crippen LogP contribution in [0.15, 0.2) is 62.8 Å². The van der Waals surface area contributed by atoms with Gasteiger partial charge in [0.2, 0.25) is 0 Å². The highest BCUT2D eigenvalue weighted by molar-refractivity contribution is 8.00. The summed E-state index contributed by atoms with van der Waals surface area (Å²) in [5, 5.41) is 7.38. The van der Waals surface area contributed by atoms with Gasteiger partial charge in [-0.2, -0.15) is 0 Å². The number of nitrogens with one attached hydrogen (secondary N) is 2. The van der Waals surface area contributed by atoms with Gasteiger partial charge in [-0.05, 0) is 31.2 Å². The number of thioether (sulfide) groups is 1. The number of hydrazine groups is 1. The van der Waals surface area contributed by atoms with E-state index in [4.69, 9.17) is 8.83 Å². The summed E-state index contributed by atoms with van der Waals surface area (Å²) < 4.78 is 10.6. The molecule has 25 heavy (non-hydrogen) atoms. The SMILES string of the molecule is C[C@H](Sc1nnc(-c2ccco2)o1)C(=O)NNC(=O)c1ccccc1. The third-order valence-corrected chi connectivity index (χ3v) is 4.05. The molecule has 2 N–H and O–H groups in total. The van der Waals surface area contributed by atoms with Crippen molar-refractivity contribution in [1.29, 1.82) is 0 Å². The van der Waals surface area contributed by atoms with E-state index in [2.05, 4.69) is 21.0 Å². The maximum atomic E-state index is 12.1. The normalized spacial score (nSPS) is 11.7. The fraction of sp³-hybridized carbons (Fsp3) is 0.125. The predicted octanol–water partition coefficient (Wildman–Crippen LogP) is 2.27. The Bertz CT molecular complexity index is 848. The Morgan fingerprint density at radius 3 is 2.60 bits per heavy atom. The number of hydrogen-bond donors (Lipinski definition) is 2. The van der Waals surface area contributed by atoms with Crippen LogP contribution in [0.4, 0.5) is 0 Å². The monoisotopic (exact) mass is 358 g/mol. The lowest BCUT2D eigenvalue weighted by atomic mass is 10.2. The predicted molar refractivity (Wildman–Crippen MR) is 89.4 cm³/mol. The summed E-state index contributed by atoms with van der Waals surface area (Å²) in [6.07, 6.45) is 1.50. The Labute approximate surface area is 147 Å². The molecule has 1 atom stereocenters. The molecule has 3 aromatic rings. The molecule has 0 saturated carbocycles. The fourth-order valence-corrected chi connectivity index (χ4v) is 2.53. The van der Waals surface area contributed by atoms with E-state index in [1.54, 1.807) is 49.4 Å². The van der Waals surface area contributed by atoms with E-state index in [0.29, 0.717) is 11.3 Å². The summed E-state index contributed by atoms with van der Waals surface area (Å²) in [7, 11) is 0. The first-order valence-electron chi connectivity index (χ1n) is 7.33. The molecule has 9 heteroatoms. The summed E-state index contributed by atoms with van der Waals surface area (Å²) in [5.41, 5.74) is 5.17. The first kappa shape index (κ1) is 16.8. The molecule has 0 bridgehead atoms. The van der Waals surface area contributed by atoms with Crippen LogP contribution in [0, 0.1) is 0 Å². The fourth-order valence-electron chi connectivity index (χ4n) is 1.84. The number of aromatic nitrogens is 2. The molecule has 2 aromatic heterocycles. The van der Waals surface area contributed by atoms with Crippen LogP contribution in [0.2, 0.25) is 0 Å². The number of carbonyl (C=O) groups excluding carboxylic acids is 2. The standard InChI is InChI=1S/C16H14N4O4S/c1-10(13(21)17-18-14(22)11-6-3-2-4-7-11)25-16-20-19-15(24-16)12-8-5-9-23-12/h2-10H,1H3,(H,17,21)(H,18,22)/t10-/m0/s1. The van der Waals surface area contributed by atoms with Gasteiger partial charge in [-0.25, -0.2) is 0 Å². The van der Waals surface area contributed by atoms with Crippen LogP contribution in [0.1, 0.15) is 17.3 Å². The van der Waals surface area contributed by atoms with Gasteiger partial charge in [0, 0.05) is 5.56 Å². The van der Waals surface area contributed by atoms with Crippen LogP contribution >= 0.6 is 11.8 Å². The molecule has 2 heterocycles. The highest BCUT2D eigenvalue weighted by Gasteiger charge is 2.20. The lowest BCUT2D eigenvalue weighted by molar-refractivity contribution is -0.121. The number of hydrogen-bond acceptors (Lipinski definition) is 7. The van der Waals surface area contributed by atoms with Gasteiger partial charge in [-0.3, -0.25) is 20.4 Å². The van der Waals surface area contributed by atoms with Crippen LogP contribution in [0.25, 0.3) is 11.7 Å². The number of amides is 2. The van der Waals surface area contributed by atoms with Crippen molar-refractivity contribution in [2.75, 3.05) is 0 Å². The number of nitrogens with zero attached hydrogens (tertiary/aromatic N) is 2. The van der Waals surface area contributed by atoms with Crippen molar-refractivity contribution >= 4 is 23.6 Å². The molecule has 0 saturated heterocycles. The first-order chi connectivity index (χ1) is 12.1. The minimum atomic E-state index is -0.555. The summed E-state index contributed by atoms with van der Waals surface area (Å²) in [6.45, 7) is 1.66. The molecule has 0 aliphatic carbocycles. The minimum absolute atomic E-state index is 0.225. The smallest absolute Gasteiger partial charge is 0.284 e. The van der Waals surface area contributed by atoms with Gasteiger partial charge in [0.05, 0.1) is 11.5 Å². The molecule has 0 unspecified atom stereocenters. The Morgan fingerprint density at radius 2 is 1.88 bits per heavy atom. The van der Waals surface area contributed by atoms with Crippen molar-refractivity contribution in [2.45, 2.75) is 17.4 Å². The van der Waals surface area contributed by atoms with Crippen molar-refractivity contribution in [3.05, 3.63) is 54.3 Å². The zero-order chi connectivity index (χ0) is 17.6. The van der Waals surface area contributed by atoms with Gasteiger partial charge >= 0.3 is 0 Å². The largest absolute Gasteiger partial charge is 0.459 e. The van der Waals surface area contributed by atoms with E-state index in [1.807, 2.05) is 0 Å². The van der Waals surface area contributed by atoms with E-state index in [-0.39, 0.29) is 11.1 Å². The Kier molecular flexibility index (Phi) is 5.14. The molecular formula is C16H14N4O4S. The van der Waals surface area contributed by atoms with E-state index < -0.39 is 17.1 Å². The summed E-state index contributed by atoms with van der Waals surface area (Å²) in [4.78, 5) is 23.9. The molecule has 0 fully saturated rings. The second-order valence-corrected chi connectivity index (χ2v) is 6.21. The first-order valence-corrected chi connectivity index (χ1v) is 8.21. The van der Waals surface area contributed by atoms with Gasteiger partial charge in [0.25, 0.3) is 22.9 Å². The average molecular weight is 358 g/mol. The maximum absolute atomic E-state index is 12.1. The van der Waals surface area contributed by atoms with Crippen LogP contribution in [0.3, 0.4) is 0 Å². The molecular weight excluding hydrogens is 344 g/mol. The molecule has 3 rings (SSSR count). The molecule has 0 aliphatic heterocycles. The second kappa shape index (κ2) is 7.67. The Balaban J connectivity index is 1.52. The second-order valence-electron chi connectivity index (χ2n) is 4.92. The van der Waals surface area contributed by atoms with E-state index in [9.17, 15) is 9.59 Å². The van der Waals surface area contributed by atoms with Crippen molar-refractivity contribution in [2.24, 2.45) is 0 Å². The molecule has 2 amide bonds. The van der Waals surface area contributed by atoms with Gasteiger partial charge in [-0.15, -0.1) is 10.2 Å². The van der Waals surface area contributed by atoms with E-state index >= 15 is 0 Å². The number of benzene rings is 1. The van der Waals surface area contributed by atoms with Crippen molar-refractivity contribution in [3.8, 4) is 11.7 Å². The van der Waals surface area contributed by atoms with Gasteiger partial charge in [0.15, 0.2) is 5.76 Å². The van der Waals surface area contributed by atoms with E-state index in [1.165, 1.54) is 6.26 Å². The quantitative estimate of drug-likeness (QED) is 0.532. The van der Waals surface area contributed by atoms with E-state index in [0.717, 1.165) is 11.8 Å². The zero-order valence-corrected chi connectivity index (χ0v) is 13.9. The van der Waals surface area contributed by atoms with Crippen LogP contribution < -0.4 is 10.9 Å². The molecule has 1 aromatic carbocycles. The van der Waals surface area contributed by atoms with Crippen molar-refractivity contribution < 1.29 is 18.4 Å². The van der Waals surface area contributed by atoms with Gasteiger partial charge in [-0.1, -0.05) is 30.0 Å². The minimum Gasteiger partial charge on any atom is -0.459 e. The third-order valence-electron chi connectivity index (χ3n) is 3.12. The molecule has 0 aliphatic rings.